The largest absolute Gasteiger partial charge is 0.334 e. The van der Waals surface area contributed by atoms with E-state index in [2.05, 4.69) is 345 Å². The molecule has 12 rings (SSSR count). The van der Waals surface area contributed by atoms with E-state index in [1.807, 2.05) is 0 Å². The number of nitrogens with zero attached hydrogens (tertiary/aromatic N) is 4. The van der Waals surface area contributed by atoms with Crippen molar-refractivity contribution in [3.63, 3.8) is 0 Å². The first-order chi connectivity index (χ1) is 40.8. The van der Waals surface area contributed by atoms with E-state index in [1.165, 1.54) is 61.6 Å². The Morgan fingerprint density at radius 3 is 1.18 bits per heavy atom. The van der Waals surface area contributed by atoms with Crippen molar-refractivity contribution in [2.24, 2.45) is 0 Å². The Balaban J connectivity index is 0.779. The molecule has 0 aromatic heterocycles. The highest BCUT2D eigenvalue weighted by atomic mass is 15.2. The van der Waals surface area contributed by atoms with E-state index in [0.29, 0.717) is 0 Å². The van der Waals surface area contributed by atoms with Gasteiger partial charge in [0.25, 0.3) is 0 Å². The molecular formula is C79H70N4. The predicted octanol–water partition coefficient (Wildman–Crippen LogP) is 22.1. The molecule has 406 valence electrons. The quantitative estimate of drug-likeness (QED) is 0.0949. The van der Waals surface area contributed by atoms with Crippen LogP contribution in [0, 0.1) is 27.7 Å². The molecule has 0 saturated carbocycles. The van der Waals surface area contributed by atoms with Gasteiger partial charge < -0.3 is 19.6 Å². The monoisotopic (exact) mass is 1070 g/mol. The summed E-state index contributed by atoms with van der Waals surface area (Å²) in [6.45, 7) is 8.65. The molecule has 0 bridgehead atoms. The average Bonchev–Trinajstić information content (AvgIpc) is 3.82. The minimum Gasteiger partial charge on any atom is -0.334 e. The molecule has 1 unspecified atom stereocenters. The zero-order chi connectivity index (χ0) is 56.5. The van der Waals surface area contributed by atoms with Gasteiger partial charge in [-0.15, -0.1) is 0 Å². The molecular weight excluding hydrogens is 1000 g/mol. The fourth-order valence-electron chi connectivity index (χ4n) is 11.7. The van der Waals surface area contributed by atoms with Gasteiger partial charge in [0.2, 0.25) is 0 Å². The number of hydrogen-bond donors (Lipinski definition) is 0. The van der Waals surface area contributed by atoms with Crippen molar-refractivity contribution in [2.45, 2.75) is 59.4 Å². The van der Waals surface area contributed by atoms with Crippen molar-refractivity contribution in [2.75, 3.05) is 19.6 Å². The number of aryl methyl sites for hydroxylation is 4. The van der Waals surface area contributed by atoms with Crippen LogP contribution in [0.25, 0.3) is 27.8 Å². The normalized spacial score (nSPS) is 15.0. The molecule has 0 radical (unpaired) electrons. The van der Waals surface area contributed by atoms with Crippen LogP contribution in [0.15, 0.2) is 303 Å². The van der Waals surface area contributed by atoms with Crippen molar-refractivity contribution in [3.05, 3.63) is 331 Å². The number of benzene rings is 10. The van der Waals surface area contributed by atoms with Crippen LogP contribution < -0.4 is 19.6 Å². The minimum atomic E-state index is 0.216. The Kier molecular flexibility index (Phi) is 16.1. The van der Waals surface area contributed by atoms with Gasteiger partial charge in [0.1, 0.15) is 0 Å². The lowest BCUT2D eigenvalue weighted by molar-refractivity contribution is 0.713. The fraction of sp³-hybridized carbons (Fsp3) is 0.114. The van der Waals surface area contributed by atoms with Crippen molar-refractivity contribution in [1.82, 2.24) is 0 Å². The first-order valence-corrected chi connectivity index (χ1v) is 29.2. The number of hydrogen-bond acceptors (Lipinski definition) is 4. The van der Waals surface area contributed by atoms with Gasteiger partial charge in [-0.05, 0) is 230 Å². The molecule has 10 aromatic rings. The lowest BCUT2D eigenvalue weighted by atomic mass is 10.0. The Morgan fingerprint density at radius 1 is 0.337 bits per heavy atom. The molecule has 2 aliphatic carbocycles. The third-order valence-electron chi connectivity index (χ3n) is 15.9. The first-order valence-electron chi connectivity index (χ1n) is 29.2. The summed E-state index contributed by atoms with van der Waals surface area (Å²) in [7, 11) is 0. The highest BCUT2D eigenvalue weighted by molar-refractivity contribution is 5.83. The van der Waals surface area contributed by atoms with Crippen molar-refractivity contribution in [1.29, 1.82) is 0 Å². The molecule has 4 heteroatoms. The average molecular weight is 1080 g/mol. The summed E-state index contributed by atoms with van der Waals surface area (Å²) in [5.41, 5.74) is 24.7. The summed E-state index contributed by atoms with van der Waals surface area (Å²) < 4.78 is 0. The zero-order valence-electron chi connectivity index (χ0n) is 48.0. The van der Waals surface area contributed by atoms with Gasteiger partial charge in [-0.1, -0.05) is 170 Å². The van der Waals surface area contributed by atoms with Crippen LogP contribution in [0.2, 0.25) is 0 Å². The Morgan fingerprint density at radius 2 is 0.723 bits per heavy atom. The molecule has 4 nitrogen and oxygen atoms in total. The Bertz CT molecular complexity index is 3910. The summed E-state index contributed by atoms with van der Waals surface area (Å²) in [6, 6.07) is 91.2. The standard InChI is InChI=1S/C79H70N4/c1-58-18-13-28-76(54-58)82(77-29-14-19-59(2)55-77)70-27-17-22-62(32-43-70)63-33-44-71(45-34-63)81(69-25-11-8-12-26-69)74-50-37-65(38-51-74)64-35-46-72(47-36-64)80(68-23-9-6-5-7-10-24-68)73-48-39-66(40-49-73)67-41-52-75(53-42-67)83(78-30-15-20-60(3)56-78)79-31-16-21-61(4)57-79/h6-16,18-23,25-26,28-57,70H,5,17,24,27H2,1-4H3/b9-6?,10-7-,68-23+. The second kappa shape index (κ2) is 24.9. The van der Waals surface area contributed by atoms with Gasteiger partial charge >= 0.3 is 0 Å². The maximum absolute atomic E-state index is 2.51. The third kappa shape index (κ3) is 12.4. The van der Waals surface area contributed by atoms with E-state index in [4.69, 9.17) is 0 Å². The van der Waals surface area contributed by atoms with Crippen LogP contribution in [0.1, 0.15) is 53.5 Å². The molecule has 0 aliphatic heterocycles. The van der Waals surface area contributed by atoms with Crippen molar-refractivity contribution >= 4 is 62.4 Å². The van der Waals surface area contributed by atoms with Crippen LogP contribution >= 0.6 is 0 Å². The first kappa shape index (κ1) is 53.7. The number of anilines is 10. The smallest absolute Gasteiger partial charge is 0.0528 e. The fourth-order valence-corrected chi connectivity index (χ4v) is 11.7. The molecule has 0 fully saturated rings. The van der Waals surface area contributed by atoms with Crippen LogP contribution in [0.5, 0.6) is 0 Å². The summed E-state index contributed by atoms with van der Waals surface area (Å²) in [4.78, 5) is 9.59. The van der Waals surface area contributed by atoms with Gasteiger partial charge in [-0.25, -0.2) is 0 Å². The van der Waals surface area contributed by atoms with Crippen molar-refractivity contribution in [3.8, 4) is 22.3 Å². The molecule has 0 amide bonds. The third-order valence-corrected chi connectivity index (χ3v) is 15.9. The van der Waals surface area contributed by atoms with E-state index in [9.17, 15) is 0 Å². The molecule has 10 aromatic carbocycles. The molecule has 1 atom stereocenters. The molecule has 0 spiro atoms. The number of rotatable bonds is 15. The highest BCUT2D eigenvalue weighted by Gasteiger charge is 2.22. The maximum atomic E-state index is 2.51. The van der Waals surface area contributed by atoms with Crippen LogP contribution in [0.3, 0.4) is 0 Å². The van der Waals surface area contributed by atoms with Crippen LogP contribution in [-0.2, 0) is 0 Å². The summed E-state index contributed by atoms with van der Waals surface area (Å²) in [5.74, 6) is 0. The topological polar surface area (TPSA) is 13.0 Å². The molecule has 0 heterocycles. The Hall–Kier alpha value is -9.90. The van der Waals surface area contributed by atoms with Crippen molar-refractivity contribution < 1.29 is 0 Å². The van der Waals surface area contributed by atoms with Gasteiger partial charge in [0.05, 0.1) is 6.04 Å². The number of allylic oxidation sites excluding steroid dienone is 8. The number of para-hydroxylation sites is 1. The van der Waals surface area contributed by atoms with Gasteiger partial charge in [0, 0.05) is 69.0 Å². The molecule has 0 saturated heterocycles. The second-order valence-electron chi connectivity index (χ2n) is 22.0. The SMILES string of the molecule is Cc1cccc(N(c2ccc(-c3ccc(N(/C4=C/C=CC/C=C\C4)c4ccc(-c5ccc(N(c6ccccc6)c6ccc(C7=CCCC(N(c8cccc(C)c8)c8cccc(C)c8)C=C7)cc6)cc5)cc4)cc3)cc2)c2cccc(C)c2)c1. The summed E-state index contributed by atoms with van der Waals surface area (Å²) in [6.07, 6.45) is 22.1. The van der Waals surface area contributed by atoms with Crippen LogP contribution in [-0.4, -0.2) is 6.04 Å². The van der Waals surface area contributed by atoms with E-state index >= 15 is 0 Å². The summed E-state index contributed by atoms with van der Waals surface area (Å²) in [5, 5.41) is 0. The van der Waals surface area contributed by atoms with E-state index in [1.54, 1.807) is 0 Å². The lowest BCUT2D eigenvalue weighted by Gasteiger charge is -2.32. The highest BCUT2D eigenvalue weighted by Crippen LogP contribution is 2.41. The maximum Gasteiger partial charge on any atom is 0.0528 e. The van der Waals surface area contributed by atoms with E-state index < -0.39 is 0 Å². The van der Waals surface area contributed by atoms with E-state index in [0.717, 1.165) is 82.3 Å². The van der Waals surface area contributed by atoms with Crippen LogP contribution in [0.4, 0.5) is 56.9 Å². The predicted molar refractivity (Wildman–Crippen MR) is 355 cm³/mol. The Labute approximate surface area is 491 Å². The van der Waals surface area contributed by atoms with Gasteiger partial charge in [-0.2, -0.15) is 0 Å². The van der Waals surface area contributed by atoms with Gasteiger partial charge in [0.15, 0.2) is 0 Å². The molecule has 2 aliphatic rings. The summed E-state index contributed by atoms with van der Waals surface area (Å²) >= 11 is 0. The van der Waals surface area contributed by atoms with Gasteiger partial charge in [-0.3, -0.25) is 0 Å². The molecule has 0 N–H and O–H groups in total. The second-order valence-corrected chi connectivity index (χ2v) is 22.0. The lowest BCUT2D eigenvalue weighted by Crippen LogP contribution is -2.29. The zero-order valence-corrected chi connectivity index (χ0v) is 48.0. The molecule has 83 heavy (non-hydrogen) atoms. The minimum absolute atomic E-state index is 0.216. The van der Waals surface area contributed by atoms with E-state index in [-0.39, 0.29) is 6.04 Å².